The molecule has 2 N–H and O–H groups in total. The number of benzene rings is 1. The van der Waals surface area contributed by atoms with Crippen LogP contribution in [0.25, 0.3) is 11.3 Å². The number of furan rings is 1. The topological polar surface area (TPSA) is 151 Å². The molecule has 1 heterocycles. The molecule has 1 aromatic heterocycles. The van der Waals surface area contributed by atoms with Gasteiger partial charge in [0, 0.05) is 16.7 Å². The lowest BCUT2D eigenvalue weighted by Crippen LogP contribution is -2.34. The van der Waals surface area contributed by atoms with Gasteiger partial charge in [-0.2, -0.15) is 12.6 Å². The summed E-state index contributed by atoms with van der Waals surface area (Å²) in [6.45, 7) is 4.46. The van der Waals surface area contributed by atoms with Crippen LogP contribution in [-0.4, -0.2) is 46.5 Å². The number of hydrogen-bond acceptors (Lipinski definition) is 7. The van der Waals surface area contributed by atoms with Crippen LogP contribution in [0.15, 0.2) is 16.5 Å². The van der Waals surface area contributed by atoms with E-state index in [0.717, 1.165) is 24.0 Å². The first kappa shape index (κ1) is 23.8. The third kappa shape index (κ3) is 3.95. The molecule has 4 rings (SSSR count). The Morgan fingerprint density at radius 3 is 2.52 bits per heavy atom. The zero-order valence-corrected chi connectivity index (χ0v) is 19.8. The summed E-state index contributed by atoms with van der Waals surface area (Å²) in [7, 11) is -4.89. The van der Waals surface area contributed by atoms with Crippen molar-refractivity contribution in [1.82, 2.24) is 0 Å². The molecule has 0 fully saturated rings. The first-order valence-corrected chi connectivity index (χ1v) is 12.7. The van der Waals surface area contributed by atoms with Crippen LogP contribution in [0.2, 0.25) is 0 Å². The lowest BCUT2D eigenvalue weighted by molar-refractivity contribution is 0.0813. The Morgan fingerprint density at radius 1 is 1.21 bits per heavy atom. The Morgan fingerprint density at radius 2 is 1.88 bits per heavy atom. The second-order valence-electron chi connectivity index (χ2n) is 8.74. The van der Waals surface area contributed by atoms with Crippen LogP contribution >= 0.6 is 0 Å². The Labute approximate surface area is 193 Å². The lowest BCUT2D eigenvalue weighted by atomic mass is 9.69. The average molecular weight is 498 g/mol. The van der Waals surface area contributed by atoms with E-state index in [2.05, 4.69) is 18.0 Å². The fraction of sp³-hybridized carbons (Fsp3) is 0.429. The summed E-state index contributed by atoms with van der Waals surface area (Å²) in [6, 6.07) is 3.61. The van der Waals surface area contributed by atoms with Crippen LogP contribution in [0, 0.1) is 6.92 Å². The number of nitrogens with zero attached hydrogens (tertiary/aromatic N) is 1. The van der Waals surface area contributed by atoms with Crippen molar-refractivity contribution in [3.63, 3.8) is 0 Å². The molecular formula is C21H23NO9S2. The largest absolute Gasteiger partial charge is 0.438 e. The summed E-state index contributed by atoms with van der Waals surface area (Å²) in [6.07, 6.45) is 2.44. The second-order valence-corrected chi connectivity index (χ2v) is 10.7. The van der Waals surface area contributed by atoms with E-state index >= 15 is 0 Å². The van der Waals surface area contributed by atoms with Gasteiger partial charge in [0.25, 0.3) is 0 Å². The molecule has 2 aliphatic carbocycles. The number of carbonyl (C=O) groups is 2. The van der Waals surface area contributed by atoms with Crippen molar-refractivity contribution in [1.29, 1.82) is 0 Å². The monoisotopic (exact) mass is 497 g/mol. The highest BCUT2D eigenvalue weighted by Crippen LogP contribution is 2.47. The smallest absolute Gasteiger partial charge is 0.362 e. The van der Waals surface area contributed by atoms with Gasteiger partial charge < -0.3 is 4.42 Å². The van der Waals surface area contributed by atoms with E-state index in [1.54, 1.807) is 6.07 Å². The molecule has 0 radical (unpaired) electrons. The number of fused-ring (bicyclic) bond motifs is 5. The summed E-state index contributed by atoms with van der Waals surface area (Å²) in [5.41, 5.74) is 2.28. The molecule has 12 heteroatoms. The van der Waals surface area contributed by atoms with E-state index in [1.807, 2.05) is 6.07 Å². The minimum absolute atomic E-state index is 0.0496. The number of Topliss-reactive ketones (excluding diaryl/α,β-unsaturated/α-hetero) is 2. The van der Waals surface area contributed by atoms with Gasteiger partial charge in [-0.3, -0.25) is 22.9 Å². The van der Waals surface area contributed by atoms with Crippen LogP contribution in [0.5, 0.6) is 0 Å². The Kier molecular flexibility index (Phi) is 5.86. The molecule has 0 bridgehead atoms. The van der Waals surface area contributed by atoms with Gasteiger partial charge in [-0.1, -0.05) is 26.0 Å². The molecule has 33 heavy (non-hydrogen) atoms. The van der Waals surface area contributed by atoms with Crippen LogP contribution in [0.1, 0.15) is 64.1 Å². The van der Waals surface area contributed by atoms with Crippen molar-refractivity contribution < 1.29 is 39.9 Å². The minimum atomic E-state index is -4.89. The van der Waals surface area contributed by atoms with Gasteiger partial charge in [0.05, 0.1) is 18.7 Å². The van der Waals surface area contributed by atoms with Crippen LogP contribution in [0.3, 0.4) is 0 Å². The third-order valence-electron chi connectivity index (χ3n) is 6.28. The molecule has 0 amide bonds. The number of hydrogen-bond donors (Lipinski definition) is 2. The van der Waals surface area contributed by atoms with E-state index in [4.69, 9.17) is 8.97 Å². The number of ketones is 2. The number of carbonyl (C=O) groups excluding carboxylic acids is 2. The van der Waals surface area contributed by atoms with Crippen molar-refractivity contribution in [2.24, 2.45) is 0 Å². The molecule has 2 aromatic rings. The summed E-state index contributed by atoms with van der Waals surface area (Å²) in [4.78, 5) is 26.3. The summed E-state index contributed by atoms with van der Waals surface area (Å²) < 4.78 is 63.8. The van der Waals surface area contributed by atoms with E-state index in [0.29, 0.717) is 16.3 Å². The lowest BCUT2D eigenvalue weighted by Gasteiger charge is -2.34. The Bertz CT molecular complexity index is 1310. The molecule has 1 unspecified atom stereocenters. The molecular weight excluding hydrogens is 474 g/mol. The van der Waals surface area contributed by atoms with Gasteiger partial charge in [-0.05, 0) is 42.7 Å². The minimum Gasteiger partial charge on any atom is -0.438 e. The van der Waals surface area contributed by atoms with Crippen molar-refractivity contribution in [3.05, 3.63) is 39.9 Å². The summed E-state index contributed by atoms with van der Waals surface area (Å²) >= 11 is -2.64. The van der Waals surface area contributed by atoms with Crippen molar-refractivity contribution in [2.45, 2.75) is 45.4 Å². The molecule has 10 nitrogen and oxygen atoms in total. The third-order valence-corrected chi connectivity index (χ3v) is 7.55. The van der Waals surface area contributed by atoms with Crippen LogP contribution < -0.4 is 4.31 Å². The maximum atomic E-state index is 13.2. The molecule has 0 saturated heterocycles. The van der Waals surface area contributed by atoms with Gasteiger partial charge in [-0.15, -0.1) is 0 Å². The number of anilines is 1. The van der Waals surface area contributed by atoms with Gasteiger partial charge in [0.1, 0.15) is 5.76 Å². The fourth-order valence-corrected chi connectivity index (χ4v) is 5.68. The van der Waals surface area contributed by atoms with Gasteiger partial charge in [-0.25, -0.2) is 4.31 Å². The normalized spacial score (nSPS) is 17.8. The van der Waals surface area contributed by atoms with Crippen LogP contribution in [-0.2, 0) is 37.7 Å². The quantitative estimate of drug-likeness (QED) is 0.348. The van der Waals surface area contributed by atoms with Crippen molar-refractivity contribution in [2.75, 3.05) is 17.5 Å². The van der Waals surface area contributed by atoms with Crippen molar-refractivity contribution in [3.8, 4) is 11.3 Å². The van der Waals surface area contributed by atoms with E-state index in [-0.39, 0.29) is 33.7 Å². The first-order chi connectivity index (χ1) is 15.3. The molecule has 0 aliphatic heterocycles. The standard InChI is InChI=1S/C21H23NO9S2/c1-11-15-17(23)18(24)16-12-5-4-8-21(2,3)14(12)7-6-13(16)19(15)31-20(11)22(33(27,28)29)9-10-30-32(25)26/h6-7H,4-5,8-10H2,1-3H3,(H,25,26)(H,27,28,29). The Balaban J connectivity index is 1.89. The highest BCUT2D eigenvalue weighted by Gasteiger charge is 2.42. The van der Waals surface area contributed by atoms with Crippen LogP contribution in [0.4, 0.5) is 5.88 Å². The predicted molar refractivity (Wildman–Crippen MR) is 119 cm³/mol. The Hall–Kier alpha value is -2.38. The van der Waals surface area contributed by atoms with Gasteiger partial charge in [0.2, 0.25) is 17.5 Å². The molecule has 1 atom stereocenters. The van der Waals surface area contributed by atoms with Gasteiger partial charge in [0.15, 0.2) is 0 Å². The fourth-order valence-electron chi connectivity index (χ4n) is 4.77. The second kappa shape index (κ2) is 8.13. The van der Waals surface area contributed by atoms with E-state index < -0.39 is 46.4 Å². The molecule has 2 aliphatic rings. The van der Waals surface area contributed by atoms with E-state index in [1.165, 1.54) is 6.92 Å². The highest BCUT2D eigenvalue weighted by molar-refractivity contribution is 7.87. The average Bonchev–Trinajstić information content (AvgIpc) is 3.04. The summed E-state index contributed by atoms with van der Waals surface area (Å²) in [5.74, 6) is -1.82. The molecule has 178 valence electrons. The number of rotatable bonds is 6. The van der Waals surface area contributed by atoms with Gasteiger partial charge >= 0.3 is 21.7 Å². The maximum Gasteiger partial charge on any atom is 0.362 e. The predicted octanol–water partition coefficient (Wildman–Crippen LogP) is 3.01. The SMILES string of the molecule is Cc1c(N(CCOS(=O)O)S(=O)(=O)O)oc2c1C(=O)C(=O)c1c-2ccc2c1CCCC2(C)C. The zero-order chi connectivity index (χ0) is 24.3. The maximum absolute atomic E-state index is 13.2. The van der Waals surface area contributed by atoms with Crippen molar-refractivity contribution >= 4 is 39.1 Å². The molecule has 1 aromatic carbocycles. The summed E-state index contributed by atoms with van der Waals surface area (Å²) in [5, 5.41) is 0. The van der Waals surface area contributed by atoms with E-state index in [9.17, 15) is 26.8 Å². The molecule has 0 saturated carbocycles. The highest BCUT2D eigenvalue weighted by atomic mass is 32.2. The zero-order valence-electron chi connectivity index (χ0n) is 18.2. The first-order valence-electron chi connectivity index (χ1n) is 10.2. The molecule has 0 spiro atoms.